The van der Waals surface area contributed by atoms with Gasteiger partial charge in [-0.1, -0.05) is 0 Å². The van der Waals surface area contributed by atoms with E-state index in [-0.39, 0.29) is 11.6 Å². The summed E-state index contributed by atoms with van der Waals surface area (Å²) < 4.78 is 11.1. The summed E-state index contributed by atoms with van der Waals surface area (Å²) >= 11 is 0. The Morgan fingerprint density at radius 1 is 1.37 bits per heavy atom. The Labute approximate surface area is 111 Å². The van der Waals surface area contributed by atoms with Gasteiger partial charge in [-0.15, -0.1) is 0 Å². The van der Waals surface area contributed by atoms with Crippen molar-refractivity contribution >= 4 is 5.97 Å². The molecule has 2 fully saturated rings. The zero-order chi connectivity index (χ0) is 13.3. The normalized spacial score (nSPS) is 23.6. The Hall–Kier alpha value is -1.86. The van der Waals surface area contributed by atoms with Gasteiger partial charge in [-0.2, -0.15) is 5.26 Å². The molecule has 1 aromatic carbocycles. The minimum Gasteiger partial charge on any atom is -0.455 e. The van der Waals surface area contributed by atoms with Gasteiger partial charge in [0.15, 0.2) is 0 Å². The first-order valence-electron chi connectivity index (χ1n) is 6.55. The highest BCUT2D eigenvalue weighted by Gasteiger charge is 2.54. The van der Waals surface area contributed by atoms with Crippen LogP contribution in [0.1, 0.15) is 35.2 Å². The second-order valence-electron chi connectivity index (χ2n) is 5.20. The molecular formula is C15H15NO3. The predicted molar refractivity (Wildman–Crippen MR) is 67.5 cm³/mol. The van der Waals surface area contributed by atoms with Crippen molar-refractivity contribution < 1.29 is 14.3 Å². The van der Waals surface area contributed by atoms with Crippen molar-refractivity contribution in [2.45, 2.75) is 24.9 Å². The number of carbonyl (C=O) groups excluding carboxylic acids is 1. The summed E-state index contributed by atoms with van der Waals surface area (Å²) in [6, 6.07) is 8.58. The Morgan fingerprint density at radius 2 is 2.11 bits per heavy atom. The van der Waals surface area contributed by atoms with E-state index in [1.54, 1.807) is 24.3 Å². The lowest BCUT2D eigenvalue weighted by Crippen LogP contribution is -2.29. The van der Waals surface area contributed by atoms with Crippen LogP contribution in [-0.2, 0) is 9.47 Å². The SMILES string of the molecule is N#Cc1ccc(C(=O)OC2(C3CCOC3)CC2)cc1. The van der Waals surface area contributed by atoms with E-state index >= 15 is 0 Å². The second-order valence-corrected chi connectivity index (χ2v) is 5.20. The first-order chi connectivity index (χ1) is 9.23. The molecule has 2 aliphatic rings. The van der Waals surface area contributed by atoms with Gasteiger partial charge in [-0.05, 0) is 43.5 Å². The van der Waals surface area contributed by atoms with Gasteiger partial charge in [-0.25, -0.2) is 4.79 Å². The molecule has 1 aliphatic carbocycles. The number of carbonyl (C=O) groups is 1. The Kier molecular flexibility index (Phi) is 3.00. The van der Waals surface area contributed by atoms with E-state index < -0.39 is 0 Å². The van der Waals surface area contributed by atoms with Gasteiger partial charge in [-0.3, -0.25) is 0 Å². The first kappa shape index (κ1) is 12.2. The van der Waals surface area contributed by atoms with Crippen molar-refractivity contribution in [1.82, 2.24) is 0 Å². The van der Waals surface area contributed by atoms with Crippen molar-refractivity contribution in [1.29, 1.82) is 5.26 Å². The van der Waals surface area contributed by atoms with E-state index in [2.05, 4.69) is 0 Å². The smallest absolute Gasteiger partial charge is 0.338 e. The Balaban J connectivity index is 1.69. The molecule has 0 radical (unpaired) electrons. The molecule has 19 heavy (non-hydrogen) atoms. The monoisotopic (exact) mass is 257 g/mol. The second kappa shape index (κ2) is 4.67. The highest BCUT2D eigenvalue weighted by Crippen LogP contribution is 2.49. The van der Waals surface area contributed by atoms with Crippen molar-refractivity contribution in [3.63, 3.8) is 0 Å². The van der Waals surface area contributed by atoms with Gasteiger partial charge in [0.2, 0.25) is 0 Å². The standard InChI is InChI=1S/C15H15NO3/c16-9-11-1-3-12(4-2-11)14(17)19-15(6-7-15)13-5-8-18-10-13/h1-4,13H,5-8,10H2. The molecule has 1 aliphatic heterocycles. The van der Waals surface area contributed by atoms with Gasteiger partial charge >= 0.3 is 5.97 Å². The van der Waals surface area contributed by atoms with Gasteiger partial charge in [0.25, 0.3) is 0 Å². The van der Waals surface area contributed by atoms with Gasteiger partial charge in [0.05, 0.1) is 23.8 Å². The number of hydrogen-bond acceptors (Lipinski definition) is 4. The molecule has 4 heteroatoms. The maximum atomic E-state index is 12.1. The molecule has 0 N–H and O–H groups in total. The van der Waals surface area contributed by atoms with Crippen LogP contribution in [0, 0.1) is 17.2 Å². The average Bonchev–Trinajstić information content (AvgIpc) is 3.02. The van der Waals surface area contributed by atoms with Crippen LogP contribution in [-0.4, -0.2) is 24.8 Å². The van der Waals surface area contributed by atoms with Crippen molar-refractivity contribution in [2.24, 2.45) is 5.92 Å². The third-order valence-electron chi connectivity index (χ3n) is 3.96. The summed E-state index contributed by atoms with van der Waals surface area (Å²) in [5.74, 6) is 0.0451. The molecule has 1 atom stereocenters. The van der Waals surface area contributed by atoms with Crippen LogP contribution in [0.2, 0.25) is 0 Å². The summed E-state index contributed by atoms with van der Waals surface area (Å²) in [5.41, 5.74) is 0.757. The van der Waals surface area contributed by atoms with Crippen molar-refractivity contribution in [2.75, 3.05) is 13.2 Å². The van der Waals surface area contributed by atoms with Crippen molar-refractivity contribution in [3.8, 4) is 6.07 Å². The summed E-state index contributed by atoms with van der Waals surface area (Å²) in [6.07, 6.45) is 2.84. The van der Waals surface area contributed by atoms with Crippen LogP contribution in [0.25, 0.3) is 0 Å². The topological polar surface area (TPSA) is 59.3 Å². The first-order valence-corrected chi connectivity index (χ1v) is 6.55. The molecule has 1 saturated carbocycles. The highest BCUT2D eigenvalue weighted by molar-refractivity contribution is 5.90. The molecule has 1 unspecified atom stereocenters. The Morgan fingerprint density at radius 3 is 2.63 bits per heavy atom. The highest BCUT2D eigenvalue weighted by atomic mass is 16.6. The number of nitriles is 1. The minimum absolute atomic E-state index is 0.290. The van der Waals surface area contributed by atoms with Crippen molar-refractivity contribution in [3.05, 3.63) is 35.4 Å². The summed E-state index contributed by atoms with van der Waals surface area (Å²) in [4.78, 5) is 12.1. The minimum atomic E-state index is -0.297. The molecule has 1 aromatic rings. The lowest BCUT2D eigenvalue weighted by molar-refractivity contribution is 0.000837. The zero-order valence-corrected chi connectivity index (χ0v) is 10.6. The van der Waals surface area contributed by atoms with E-state index in [1.807, 2.05) is 6.07 Å². The van der Waals surface area contributed by atoms with E-state index in [0.717, 1.165) is 25.9 Å². The lowest BCUT2D eigenvalue weighted by atomic mass is 9.99. The largest absolute Gasteiger partial charge is 0.455 e. The average molecular weight is 257 g/mol. The number of esters is 1. The number of benzene rings is 1. The fourth-order valence-electron chi connectivity index (χ4n) is 2.59. The van der Waals surface area contributed by atoms with E-state index in [9.17, 15) is 4.79 Å². The van der Waals surface area contributed by atoms with Crippen LogP contribution < -0.4 is 0 Å². The zero-order valence-electron chi connectivity index (χ0n) is 10.6. The van der Waals surface area contributed by atoms with Crippen LogP contribution in [0.4, 0.5) is 0 Å². The third-order valence-corrected chi connectivity index (χ3v) is 3.96. The van der Waals surface area contributed by atoms with Gasteiger partial charge in [0, 0.05) is 12.5 Å². The molecule has 3 rings (SSSR count). The molecule has 98 valence electrons. The number of rotatable bonds is 3. The van der Waals surface area contributed by atoms with E-state index in [1.165, 1.54) is 0 Å². The summed E-state index contributed by atoms with van der Waals surface area (Å²) in [7, 11) is 0. The summed E-state index contributed by atoms with van der Waals surface area (Å²) in [6.45, 7) is 1.46. The number of nitrogens with zero attached hydrogens (tertiary/aromatic N) is 1. The maximum absolute atomic E-state index is 12.1. The fraction of sp³-hybridized carbons (Fsp3) is 0.467. The fourth-order valence-corrected chi connectivity index (χ4v) is 2.59. The summed E-state index contributed by atoms with van der Waals surface area (Å²) in [5, 5.41) is 8.73. The van der Waals surface area contributed by atoms with E-state index in [4.69, 9.17) is 14.7 Å². The van der Waals surface area contributed by atoms with Crippen LogP contribution in [0.5, 0.6) is 0 Å². The molecule has 0 amide bonds. The molecule has 1 heterocycles. The van der Waals surface area contributed by atoms with Gasteiger partial charge < -0.3 is 9.47 Å². The molecule has 0 bridgehead atoms. The molecule has 1 saturated heterocycles. The quantitative estimate of drug-likeness (QED) is 0.779. The molecular weight excluding hydrogens is 242 g/mol. The number of hydrogen-bond donors (Lipinski definition) is 0. The molecule has 0 spiro atoms. The Bertz CT molecular complexity index is 519. The van der Waals surface area contributed by atoms with Gasteiger partial charge in [0.1, 0.15) is 5.60 Å². The predicted octanol–water partition coefficient (Wildman–Crippen LogP) is 2.28. The van der Waals surface area contributed by atoms with Crippen LogP contribution in [0.3, 0.4) is 0 Å². The lowest BCUT2D eigenvalue weighted by Gasteiger charge is -2.22. The molecule has 4 nitrogen and oxygen atoms in total. The molecule has 0 aromatic heterocycles. The maximum Gasteiger partial charge on any atom is 0.338 e. The van der Waals surface area contributed by atoms with Crippen LogP contribution in [0.15, 0.2) is 24.3 Å². The number of ether oxygens (including phenoxy) is 2. The van der Waals surface area contributed by atoms with Crippen LogP contribution >= 0.6 is 0 Å². The van der Waals surface area contributed by atoms with E-state index in [0.29, 0.717) is 23.7 Å². The third kappa shape index (κ3) is 2.34.